The van der Waals surface area contributed by atoms with Gasteiger partial charge in [0.2, 0.25) is 17.2 Å². The van der Waals surface area contributed by atoms with Gasteiger partial charge in [-0.25, -0.2) is 4.98 Å². The number of amides is 2. The molecular formula is C37H32ClF3N8O5. The lowest BCUT2D eigenvalue weighted by Gasteiger charge is -2.54. The molecule has 13 nitrogen and oxygen atoms in total. The van der Waals surface area contributed by atoms with Crippen LogP contribution < -0.4 is 20.4 Å². The van der Waals surface area contributed by atoms with E-state index in [9.17, 15) is 27.6 Å². The Labute approximate surface area is 309 Å². The first-order valence-corrected chi connectivity index (χ1v) is 17.6. The average Bonchev–Trinajstić information content (AvgIpc) is 3.82. The fourth-order valence-corrected chi connectivity index (χ4v) is 7.64. The Balaban J connectivity index is 1.18. The van der Waals surface area contributed by atoms with Gasteiger partial charge in [0.05, 0.1) is 46.9 Å². The molecule has 17 heteroatoms. The van der Waals surface area contributed by atoms with E-state index in [4.69, 9.17) is 20.8 Å². The summed E-state index contributed by atoms with van der Waals surface area (Å²) in [4.78, 5) is 51.5. The number of halogens is 4. The third-order valence-corrected chi connectivity index (χ3v) is 10.4. The lowest BCUT2D eigenvalue weighted by atomic mass is 9.81. The number of alkyl halides is 3. The van der Waals surface area contributed by atoms with Crippen molar-refractivity contribution in [3.8, 4) is 11.6 Å². The molecule has 8 rings (SSSR count). The smallest absolute Gasteiger partial charge is 0.416 e. The van der Waals surface area contributed by atoms with E-state index >= 15 is 0 Å². The number of hydrogen-bond acceptors (Lipinski definition) is 9. The minimum atomic E-state index is -4.61. The number of nitrogens with zero attached hydrogens (tertiary/aromatic N) is 7. The molecule has 4 aromatic heterocycles. The Morgan fingerprint density at radius 2 is 1.87 bits per heavy atom. The van der Waals surface area contributed by atoms with Crippen molar-refractivity contribution in [2.45, 2.75) is 51.0 Å². The molecule has 1 saturated heterocycles. The molecule has 0 radical (unpaired) electrons. The number of rotatable bonds is 8. The molecule has 1 saturated carbocycles. The summed E-state index contributed by atoms with van der Waals surface area (Å²) < 4.78 is 52.4. The van der Waals surface area contributed by atoms with Gasteiger partial charge in [0, 0.05) is 42.5 Å². The van der Waals surface area contributed by atoms with Crippen LogP contribution in [0, 0.1) is 0 Å². The van der Waals surface area contributed by atoms with Gasteiger partial charge < -0.3 is 28.8 Å². The Morgan fingerprint density at radius 3 is 2.59 bits per heavy atom. The molecule has 5 heterocycles. The SMILES string of the molecule is CCc1c(N2CCN(C(=O)c3cccc4ccoc34)[C@H]3CC[C@@H]32)c(=O)c2nn(-c3ccnc(OC)c3)nc2n1CC(=O)Nc1ccc(C(F)(F)F)cc1Cl. The first-order valence-electron chi connectivity index (χ1n) is 17.2. The number of ether oxygens (including phenoxy) is 1. The number of para-hydroxylation sites is 1. The number of carbonyl (C=O) groups is 2. The highest BCUT2D eigenvalue weighted by molar-refractivity contribution is 6.33. The summed E-state index contributed by atoms with van der Waals surface area (Å²) in [5.74, 6) is -0.479. The number of pyridine rings is 2. The highest BCUT2D eigenvalue weighted by Crippen LogP contribution is 2.39. The van der Waals surface area contributed by atoms with Crippen LogP contribution in [0.15, 0.2) is 76.3 Å². The molecule has 2 aromatic carbocycles. The van der Waals surface area contributed by atoms with Crippen LogP contribution in [0.3, 0.4) is 0 Å². The number of fused-ring (bicyclic) bond motifs is 3. The van der Waals surface area contributed by atoms with Gasteiger partial charge >= 0.3 is 6.18 Å². The van der Waals surface area contributed by atoms with Crippen LogP contribution in [-0.2, 0) is 23.9 Å². The molecule has 54 heavy (non-hydrogen) atoms. The normalized spacial score (nSPS) is 17.1. The van der Waals surface area contributed by atoms with Gasteiger partial charge in [-0.3, -0.25) is 14.4 Å². The average molecular weight is 761 g/mol. The van der Waals surface area contributed by atoms with Gasteiger partial charge in [-0.15, -0.1) is 15.0 Å². The number of benzene rings is 2. The molecule has 2 atom stereocenters. The molecular weight excluding hydrogens is 729 g/mol. The second-order valence-electron chi connectivity index (χ2n) is 13.1. The zero-order valence-electron chi connectivity index (χ0n) is 28.9. The molecule has 2 aliphatic rings. The Bertz CT molecular complexity index is 2510. The summed E-state index contributed by atoms with van der Waals surface area (Å²) in [6, 6.07) is 12.8. The number of nitrogens with one attached hydrogen (secondary N) is 1. The Hall–Kier alpha value is -5.90. The number of anilines is 2. The van der Waals surface area contributed by atoms with Crippen molar-refractivity contribution in [3.63, 3.8) is 0 Å². The second kappa shape index (κ2) is 13.5. The summed E-state index contributed by atoms with van der Waals surface area (Å²) in [5.41, 5.74) is 1.06. The first-order chi connectivity index (χ1) is 26.0. The maximum absolute atomic E-state index is 14.6. The molecule has 0 bridgehead atoms. The number of piperazine rings is 1. The number of furan rings is 1. The van der Waals surface area contributed by atoms with Crippen LogP contribution >= 0.6 is 11.6 Å². The van der Waals surface area contributed by atoms with E-state index in [1.165, 1.54) is 18.1 Å². The van der Waals surface area contributed by atoms with Crippen molar-refractivity contribution >= 4 is 56.9 Å². The lowest BCUT2D eigenvalue weighted by Crippen LogP contribution is -2.67. The molecule has 0 unspecified atom stereocenters. The van der Waals surface area contributed by atoms with Gasteiger partial charge in [0.25, 0.3) is 5.91 Å². The summed E-state index contributed by atoms with van der Waals surface area (Å²) in [6.45, 7) is 2.14. The maximum Gasteiger partial charge on any atom is 0.416 e. The fraction of sp³-hybridized carbons (Fsp3) is 0.297. The molecule has 1 aliphatic heterocycles. The molecule has 1 N–H and O–H groups in total. The van der Waals surface area contributed by atoms with E-state index in [0.717, 1.165) is 36.4 Å². The van der Waals surface area contributed by atoms with E-state index in [-0.39, 0.29) is 51.8 Å². The summed E-state index contributed by atoms with van der Waals surface area (Å²) in [6.07, 6.45) is 0.199. The van der Waals surface area contributed by atoms with E-state index in [2.05, 4.69) is 20.5 Å². The van der Waals surface area contributed by atoms with Crippen LogP contribution in [0.25, 0.3) is 27.8 Å². The van der Waals surface area contributed by atoms with E-state index in [1.807, 2.05) is 34.9 Å². The highest BCUT2D eigenvalue weighted by atomic mass is 35.5. The van der Waals surface area contributed by atoms with Crippen molar-refractivity contribution < 1.29 is 31.9 Å². The van der Waals surface area contributed by atoms with Gasteiger partial charge in [-0.1, -0.05) is 30.7 Å². The maximum atomic E-state index is 14.6. The van der Waals surface area contributed by atoms with Crippen molar-refractivity contribution in [2.24, 2.45) is 0 Å². The topological polar surface area (TPSA) is 141 Å². The number of aromatic nitrogens is 5. The van der Waals surface area contributed by atoms with Crippen LogP contribution in [0.1, 0.15) is 41.4 Å². The Kier molecular flexibility index (Phi) is 8.79. The number of carbonyl (C=O) groups excluding carboxylic acids is 2. The highest BCUT2D eigenvalue weighted by Gasteiger charge is 2.47. The zero-order valence-corrected chi connectivity index (χ0v) is 29.7. The number of hydrogen-bond donors (Lipinski definition) is 1. The molecule has 2 fully saturated rings. The molecule has 278 valence electrons. The zero-order chi connectivity index (χ0) is 37.9. The van der Waals surface area contributed by atoms with Crippen molar-refractivity contribution in [1.29, 1.82) is 0 Å². The minimum absolute atomic E-state index is 0.00258. The quantitative estimate of drug-likeness (QED) is 0.195. The molecule has 6 aromatic rings. The Morgan fingerprint density at radius 1 is 1.06 bits per heavy atom. The van der Waals surface area contributed by atoms with Crippen LogP contribution in [0.4, 0.5) is 24.5 Å². The molecule has 2 amide bonds. The van der Waals surface area contributed by atoms with E-state index in [1.54, 1.807) is 29.0 Å². The fourth-order valence-electron chi connectivity index (χ4n) is 7.41. The third kappa shape index (κ3) is 5.99. The standard InChI is InChI=1S/C37H32ClF3N8O5/c1-3-26-32(46-14-15-47(28-10-9-27(28)46)36(52)23-6-4-5-20-12-16-54-34(20)23)33(51)31-35(45-49(44-31)22-11-13-42-30(18-22)53-2)48(26)19-29(50)43-25-8-7-21(17-24(25)38)37(39,40)41/h4-8,11-13,16-18,27-28H,3,9-10,14-15,19H2,1-2H3,(H,43,50)/t27-,28-/m0/s1. The molecule has 1 aliphatic carbocycles. The van der Waals surface area contributed by atoms with Crippen LogP contribution in [0.5, 0.6) is 5.88 Å². The lowest BCUT2D eigenvalue weighted by molar-refractivity contribution is -0.137. The van der Waals surface area contributed by atoms with Crippen molar-refractivity contribution in [1.82, 2.24) is 29.4 Å². The molecule has 0 spiro atoms. The van der Waals surface area contributed by atoms with E-state index < -0.39 is 17.6 Å². The number of methoxy groups -OCH3 is 1. The summed E-state index contributed by atoms with van der Waals surface area (Å²) >= 11 is 6.17. The second-order valence-corrected chi connectivity index (χ2v) is 13.5. The van der Waals surface area contributed by atoms with Gasteiger partial charge in [0.15, 0.2) is 11.2 Å². The monoisotopic (exact) mass is 760 g/mol. The van der Waals surface area contributed by atoms with Crippen molar-refractivity contribution in [3.05, 3.63) is 99.1 Å². The van der Waals surface area contributed by atoms with Crippen LogP contribution in [0.2, 0.25) is 5.02 Å². The van der Waals surface area contributed by atoms with Gasteiger partial charge in [-0.2, -0.15) is 13.2 Å². The predicted octanol–water partition coefficient (Wildman–Crippen LogP) is 6.10. The summed E-state index contributed by atoms with van der Waals surface area (Å²) in [7, 11) is 1.46. The minimum Gasteiger partial charge on any atom is -0.481 e. The van der Waals surface area contributed by atoms with Crippen LogP contribution in [-0.4, -0.2) is 73.5 Å². The largest absolute Gasteiger partial charge is 0.481 e. The van der Waals surface area contributed by atoms with Gasteiger partial charge in [-0.05, 0) is 55.7 Å². The van der Waals surface area contributed by atoms with E-state index in [0.29, 0.717) is 53.6 Å². The third-order valence-electron chi connectivity index (χ3n) is 10.1. The predicted molar refractivity (Wildman–Crippen MR) is 193 cm³/mol. The van der Waals surface area contributed by atoms with Gasteiger partial charge in [0.1, 0.15) is 17.8 Å². The van der Waals surface area contributed by atoms with Crippen molar-refractivity contribution in [2.75, 3.05) is 30.4 Å². The summed E-state index contributed by atoms with van der Waals surface area (Å²) in [5, 5.41) is 12.4. The first kappa shape index (κ1) is 35.1.